The molecule has 1 heterocycles. The fraction of sp³-hybridized carbons (Fsp3) is 0.308. The first-order valence-electron chi connectivity index (χ1n) is 5.62. The Bertz CT molecular complexity index is 482. The van der Waals surface area contributed by atoms with Crippen LogP contribution in [-0.2, 0) is 11.3 Å². The monoisotopic (exact) mass is 261 g/mol. The van der Waals surface area contributed by atoms with Crippen LogP contribution in [0.1, 0.15) is 12.1 Å². The maximum atomic E-state index is 11.8. The van der Waals surface area contributed by atoms with Crippen molar-refractivity contribution in [3.63, 3.8) is 0 Å². The van der Waals surface area contributed by atoms with Crippen LogP contribution >= 0.6 is 0 Å². The number of aromatic nitrogens is 1. The van der Waals surface area contributed by atoms with Gasteiger partial charge in [0.2, 0.25) is 0 Å². The summed E-state index contributed by atoms with van der Waals surface area (Å²) < 4.78 is 0. The number of carbonyl (C=O) groups excluding carboxylic acids is 1. The zero-order valence-electron chi connectivity index (χ0n) is 10.5. The Kier molecular flexibility index (Phi) is 5.35. The van der Waals surface area contributed by atoms with E-state index in [4.69, 9.17) is 11.5 Å². The highest BCUT2D eigenvalue weighted by atomic mass is 16.4. The van der Waals surface area contributed by atoms with E-state index in [-0.39, 0.29) is 13.0 Å². The molecular formula is C13H15N3O3. The van der Waals surface area contributed by atoms with E-state index in [0.717, 1.165) is 0 Å². The molecule has 2 N–H and O–H groups in total. The number of hydrogen-bond donors (Lipinski definition) is 2. The summed E-state index contributed by atoms with van der Waals surface area (Å²) in [5.41, 5.74) is 0.712. The maximum absolute atomic E-state index is 11.8. The first-order chi connectivity index (χ1) is 9.04. The van der Waals surface area contributed by atoms with Crippen LogP contribution < -0.4 is 5.32 Å². The van der Waals surface area contributed by atoms with Gasteiger partial charge in [0.05, 0.1) is 12.2 Å². The molecule has 0 bridgehead atoms. The van der Waals surface area contributed by atoms with Gasteiger partial charge in [-0.1, -0.05) is 6.07 Å². The highest BCUT2D eigenvalue weighted by Gasteiger charge is 2.20. The van der Waals surface area contributed by atoms with Crippen molar-refractivity contribution >= 4 is 12.0 Å². The molecule has 0 spiro atoms. The van der Waals surface area contributed by atoms with Crippen molar-refractivity contribution in [1.29, 1.82) is 0 Å². The van der Waals surface area contributed by atoms with E-state index in [1.165, 1.54) is 4.90 Å². The van der Waals surface area contributed by atoms with E-state index >= 15 is 0 Å². The molecule has 0 saturated heterocycles. The number of nitrogens with zero attached hydrogens (tertiary/aromatic N) is 2. The number of carbonyl (C=O) groups is 2. The average molecular weight is 261 g/mol. The second-order valence-corrected chi connectivity index (χ2v) is 3.93. The van der Waals surface area contributed by atoms with Gasteiger partial charge in [-0.15, -0.1) is 12.3 Å². The molecule has 0 radical (unpaired) electrons. The number of carboxylic acid groups (broad SMARTS) is 1. The molecule has 0 aliphatic heterocycles. The number of aliphatic carboxylic acids is 1. The van der Waals surface area contributed by atoms with Crippen LogP contribution in [0.2, 0.25) is 0 Å². The Hall–Kier alpha value is -2.55. The van der Waals surface area contributed by atoms with Gasteiger partial charge in [-0.3, -0.25) is 4.98 Å². The fourth-order valence-corrected chi connectivity index (χ4v) is 1.38. The molecule has 1 atom stereocenters. The van der Waals surface area contributed by atoms with Gasteiger partial charge in [0.15, 0.2) is 0 Å². The molecule has 0 fully saturated rings. The number of amides is 2. The van der Waals surface area contributed by atoms with Gasteiger partial charge in [0.25, 0.3) is 0 Å². The lowest BCUT2D eigenvalue weighted by molar-refractivity contribution is -0.139. The molecule has 0 aliphatic carbocycles. The summed E-state index contributed by atoms with van der Waals surface area (Å²) in [5.74, 6) is 1.06. The highest BCUT2D eigenvalue weighted by molar-refractivity contribution is 5.82. The lowest BCUT2D eigenvalue weighted by Crippen LogP contribution is -2.46. The van der Waals surface area contributed by atoms with E-state index in [9.17, 15) is 9.59 Å². The molecule has 100 valence electrons. The second kappa shape index (κ2) is 7.01. The van der Waals surface area contributed by atoms with Crippen LogP contribution in [0.25, 0.3) is 0 Å². The molecule has 0 aromatic carbocycles. The average Bonchev–Trinajstić information content (AvgIpc) is 2.39. The molecule has 1 unspecified atom stereocenters. The Morgan fingerprint density at radius 2 is 2.32 bits per heavy atom. The Balaban J connectivity index is 2.57. The van der Waals surface area contributed by atoms with Crippen LogP contribution in [0.4, 0.5) is 4.79 Å². The lowest BCUT2D eigenvalue weighted by Gasteiger charge is -2.20. The van der Waals surface area contributed by atoms with Gasteiger partial charge in [-0.2, -0.15) is 0 Å². The summed E-state index contributed by atoms with van der Waals surface area (Å²) in [7, 11) is 1.55. The highest BCUT2D eigenvalue weighted by Crippen LogP contribution is 2.00. The Morgan fingerprint density at radius 1 is 1.58 bits per heavy atom. The van der Waals surface area contributed by atoms with Gasteiger partial charge in [0, 0.05) is 19.7 Å². The molecule has 1 rings (SSSR count). The summed E-state index contributed by atoms with van der Waals surface area (Å²) >= 11 is 0. The van der Waals surface area contributed by atoms with Crippen LogP contribution in [0.3, 0.4) is 0 Å². The molecule has 6 nitrogen and oxygen atoms in total. The minimum absolute atomic E-state index is 0.0570. The van der Waals surface area contributed by atoms with Gasteiger partial charge in [-0.05, 0) is 12.1 Å². The van der Waals surface area contributed by atoms with Crippen LogP contribution in [-0.4, -0.2) is 40.1 Å². The van der Waals surface area contributed by atoms with Crippen LogP contribution in [0.15, 0.2) is 24.4 Å². The van der Waals surface area contributed by atoms with Crippen LogP contribution in [0.5, 0.6) is 0 Å². The van der Waals surface area contributed by atoms with E-state index in [1.807, 2.05) is 6.07 Å². The zero-order valence-corrected chi connectivity index (χ0v) is 10.5. The topological polar surface area (TPSA) is 82.5 Å². The van der Waals surface area contributed by atoms with Gasteiger partial charge < -0.3 is 15.3 Å². The molecule has 1 aromatic heterocycles. The predicted octanol–water partition coefficient (Wildman–Crippen LogP) is 0.699. The first kappa shape index (κ1) is 14.5. The third kappa shape index (κ3) is 4.68. The molecule has 0 saturated carbocycles. The lowest BCUT2D eigenvalue weighted by atomic mass is 10.2. The second-order valence-electron chi connectivity index (χ2n) is 3.93. The molecule has 1 aromatic rings. The maximum Gasteiger partial charge on any atom is 0.327 e. The minimum atomic E-state index is -1.16. The van der Waals surface area contributed by atoms with E-state index < -0.39 is 18.0 Å². The smallest absolute Gasteiger partial charge is 0.327 e. The van der Waals surface area contributed by atoms with Crippen molar-refractivity contribution in [2.75, 3.05) is 7.05 Å². The summed E-state index contributed by atoms with van der Waals surface area (Å²) in [6.45, 7) is 0.287. The summed E-state index contributed by atoms with van der Waals surface area (Å²) in [4.78, 5) is 28.1. The van der Waals surface area contributed by atoms with Crippen molar-refractivity contribution in [1.82, 2.24) is 15.2 Å². The van der Waals surface area contributed by atoms with Crippen molar-refractivity contribution in [3.8, 4) is 12.3 Å². The van der Waals surface area contributed by atoms with Crippen molar-refractivity contribution in [2.45, 2.75) is 19.0 Å². The van der Waals surface area contributed by atoms with Gasteiger partial charge in [-0.25, -0.2) is 9.59 Å². The normalized spacial score (nSPS) is 11.2. The quantitative estimate of drug-likeness (QED) is 0.764. The van der Waals surface area contributed by atoms with Crippen molar-refractivity contribution in [2.24, 2.45) is 0 Å². The largest absolute Gasteiger partial charge is 0.480 e. The summed E-state index contributed by atoms with van der Waals surface area (Å²) in [6.07, 6.45) is 6.62. The standard InChI is InChI=1S/C13H15N3O3/c1-3-6-11(12(17)18)15-13(19)16(2)9-10-7-4-5-8-14-10/h1,4-5,7-8,11H,6,9H2,2H3,(H,15,19)(H,17,18). The number of hydrogen-bond acceptors (Lipinski definition) is 3. The number of urea groups is 1. The molecule has 2 amide bonds. The van der Waals surface area contributed by atoms with Crippen LogP contribution in [0, 0.1) is 12.3 Å². The van der Waals surface area contributed by atoms with Crippen molar-refractivity contribution in [3.05, 3.63) is 30.1 Å². The molecular weight excluding hydrogens is 246 g/mol. The van der Waals surface area contributed by atoms with Gasteiger partial charge in [0.1, 0.15) is 6.04 Å². The SMILES string of the molecule is C#CCC(NC(=O)N(C)Cc1ccccn1)C(=O)O. The number of terminal acetylenes is 1. The summed E-state index contributed by atoms with van der Waals surface area (Å²) in [6, 6.07) is 3.78. The number of carboxylic acids is 1. The third-order valence-electron chi connectivity index (χ3n) is 2.39. The van der Waals surface area contributed by atoms with Crippen molar-refractivity contribution < 1.29 is 14.7 Å². The van der Waals surface area contributed by atoms with E-state index in [2.05, 4.69) is 16.2 Å². The predicted molar refractivity (Wildman–Crippen MR) is 69.1 cm³/mol. The third-order valence-corrected chi connectivity index (χ3v) is 2.39. The number of rotatable bonds is 5. The first-order valence-corrected chi connectivity index (χ1v) is 5.62. The number of nitrogens with one attached hydrogen (secondary N) is 1. The number of pyridine rings is 1. The minimum Gasteiger partial charge on any atom is -0.480 e. The van der Waals surface area contributed by atoms with Gasteiger partial charge >= 0.3 is 12.0 Å². The Morgan fingerprint density at radius 3 is 2.84 bits per heavy atom. The molecule has 6 heteroatoms. The fourth-order valence-electron chi connectivity index (χ4n) is 1.38. The van der Waals surface area contributed by atoms with E-state index in [0.29, 0.717) is 5.69 Å². The zero-order chi connectivity index (χ0) is 14.3. The molecule has 19 heavy (non-hydrogen) atoms. The Labute approximate surface area is 111 Å². The summed E-state index contributed by atoms with van der Waals surface area (Å²) in [5, 5.41) is 11.2. The van der Waals surface area contributed by atoms with E-state index in [1.54, 1.807) is 25.4 Å². The molecule has 0 aliphatic rings.